The Labute approximate surface area is 116 Å². The van der Waals surface area contributed by atoms with E-state index in [0.29, 0.717) is 11.4 Å². The summed E-state index contributed by atoms with van der Waals surface area (Å²) in [6, 6.07) is 7.73. The van der Waals surface area contributed by atoms with E-state index in [1.165, 1.54) is 18.3 Å². The molecule has 0 aliphatic rings. The van der Waals surface area contributed by atoms with Crippen molar-refractivity contribution >= 4 is 23.0 Å². The molecule has 1 aromatic carbocycles. The van der Waals surface area contributed by atoms with E-state index in [-0.39, 0.29) is 18.1 Å². The third-order valence-electron chi connectivity index (χ3n) is 2.77. The lowest BCUT2D eigenvalue weighted by atomic mass is 10.3. The van der Waals surface area contributed by atoms with Crippen molar-refractivity contribution in [3.05, 3.63) is 48.5 Å². The number of nitrogens with two attached hydrogens (primary N) is 1. The third-order valence-corrected chi connectivity index (χ3v) is 2.77. The van der Waals surface area contributed by atoms with Crippen molar-refractivity contribution in [3.63, 3.8) is 0 Å². The zero-order valence-electron chi connectivity index (χ0n) is 11.0. The molecule has 20 heavy (non-hydrogen) atoms. The molecule has 0 saturated carbocycles. The summed E-state index contributed by atoms with van der Waals surface area (Å²) in [5, 5.41) is 2.52. The molecule has 0 unspecified atom stereocenters. The van der Waals surface area contributed by atoms with Crippen LogP contribution in [0.25, 0.3) is 0 Å². The number of para-hydroxylation sites is 1. The standard InChI is InChI=1S/C14H15FN4O/c1-19(13-6-7-17-8-11(13)16)9-14(20)18-12-5-3-2-4-10(12)15/h2-8H,9,16H2,1H3,(H,18,20). The van der Waals surface area contributed by atoms with Crippen molar-refractivity contribution in [1.82, 2.24) is 4.98 Å². The lowest BCUT2D eigenvalue weighted by molar-refractivity contribution is -0.114. The number of nitrogens with one attached hydrogen (secondary N) is 1. The zero-order chi connectivity index (χ0) is 14.5. The van der Waals surface area contributed by atoms with E-state index in [1.807, 2.05) is 0 Å². The Morgan fingerprint density at radius 3 is 2.85 bits per heavy atom. The second kappa shape index (κ2) is 6.01. The highest BCUT2D eigenvalue weighted by atomic mass is 19.1. The summed E-state index contributed by atoms with van der Waals surface area (Å²) in [6.45, 7) is 0.0581. The second-order valence-corrected chi connectivity index (χ2v) is 4.32. The minimum atomic E-state index is -0.466. The van der Waals surface area contributed by atoms with E-state index in [2.05, 4.69) is 10.3 Å². The van der Waals surface area contributed by atoms with Crippen LogP contribution >= 0.6 is 0 Å². The molecular formula is C14H15FN4O. The SMILES string of the molecule is CN(CC(=O)Nc1ccccc1F)c1ccncc1N. The summed E-state index contributed by atoms with van der Waals surface area (Å²) in [5.41, 5.74) is 7.12. The molecule has 2 rings (SSSR count). The van der Waals surface area contributed by atoms with Crippen LogP contribution in [0.4, 0.5) is 21.5 Å². The number of halogens is 1. The normalized spacial score (nSPS) is 10.1. The van der Waals surface area contributed by atoms with Gasteiger partial charge in [0, 0.05) is 13.2 Å². The van der Waals surface area contributed by atoms with Crippen LogP contribution in [-0.2, 0) is 4.79 Å². The van der Waals surface area contributed by atoms with Gasteiger partial charge in [0.15, 0.2) is 0 Å². The van der Waals surface area contributed by atoms with Crippen LogP contribution in [0.5, 0.6) is 0 Å². The van der Waals surface area contributed by atoms with Crippen molar-refractivity contribution in [2.75, 3.05) is 29.5 Å². The Morgan fingerprint density at radius 1 is 1.40 bits per heavy atom. The smallest absolute Gasteiger partial charge is 0.243 e. The number of anilines is 3. The molecule has 1 amide bonds. The number of nitrogens with zero attached hydrogens (tertiary/aromatic N) is 2. The molecule has 0 saturated heterocycles. The topological polar surface area (TPSA) is 71.2 Å². The van der Waals surface area contributed by atoms with E-state index in [1.54, 1.807) is 36.3 Å². The lowest BCUT2D eigenvalue weighted by Gasteiger charge is -2.20. The van der Waals surface area contributed by atoms with Gasteiger partial charge in [-0.05, 0) is 18.2 Å². The first-order valence-corrected chi connectivity index (χ1v) is 6.03. The fraction of sp³-hybridized carbons (Fsp3) is 0.143. The van der Waals surface area contributed by atoms with Gasteiger partial charge in [-0.25, -0.2) is 4.39 Å². The summed E-state index contributed by atoms with van der Waals surface area (Å²) >= 11 is 0. The Balaban J connectivity index is 2.02. The van der Waals surface area contributed by atoms with E-state index < -0.39 is 5.82 Å². The van der Waals surface area contributed by atoms with Crippen LogP contribution in [0.3, 0.4) is 0 Å². The van der Waals surface area contributed by atoms with Crippen molar-refractivity contribution in [3.8, 4) is 0 Å². The summed E-state index contributed by atoms with van der Waals surface area (Å²) in [7, 11) is 1.73. The number of aromatic nitrogens is 1. The number of amides is 1. The Kier molecular flexibility index (Phi) is 4.14. The van der Waals surface area contributed by atoms with Crippen LogP contribution in [0, 0.1) is 5.82 Å². The number of nitrogen functional groups attached to an aromatic ring is 1. The number of benzene rings is 1. The third kappa shape index (κ3) is 3.23. The lowest BCUT2D eigenvalue weighted by Crippen LogP contribution is -2.30. The van der Waals surface area contributed by atoms with Crippen LogP contribution in [0.1, 0.15) is 0 Å². The average Bonchev–Trinajstić information content (AvgIpc) is 2.41. The molecular weight excluding hydrogens is 259 g/mol. The molecule has 104 valence electrons. The molecule has 0 radical (unpaired) electrons. The molecule has 5 nitrogen and oxygen atoms in total. The molecule has 0 atom stereocenters. The first kappa shape index (κ1) is 13.8. The molecule has 1 heterocycles. The fourth-order valence-electron chi connectivity index (χ4n) is 1.80. The molecule has 0 aliphatic carbocycles. The first-order valence-electron chi connectivity index (χ1n) is 6.03. The Hall–Kier alpha value is -2.63. The number of carbonyl (C=O) groups excluding carboxylic acids is 1. The summed E-state index contributed by atoms with van der Waals surface area (Å²) in [4.78, 5) is 17.4. The van der Waals surface area contributed by atoms with Crippen molar-refractivity contribution in [2.45, 2.75) is 0 Å². The van der Waals surface area contributed by atoms with Gasteiger partial charge in [-0.15, -0.1) is 0 Å². The number of carbonyl (C=O) groups is 1. The fourth-order valence-corrected chi connectivity index (χ4v) is 1.80. The van der Waals surface area contributed by atoms with Gasteiger partial charge in [-0.1, -0.05) is 12.1 Å². The van der Waals surface area contributed by atoms with E-state index in [9.17, 15) is 9.18 Å². The highest BCUT2D eigenvalue weighted by Gasteiger charge is 2.11. The summed E-state index contributed by atoms with van der Waals surface area (Å²) < 4.78 is 13.4. The maximum absolute atomic E-state index is 13.4. The van der Waals surface area contributed by atoms with Gasteiger partial charge in [0.1, 0.15) is 5.82 Å². The first-order chi connectivity index (χ1) is 9.58. The van der Waals surface area contributed by atoms with Crippen LogP contribution in [0.15, 0.2) is 42.7 Å². The average molecular weight is 274 g/mol. The van der Waals surface area contributed by atoms with Gasteiger partial charge >= 0.3 is 0 Å². The molecule has 0 aliphatic heterocycles. The predicted octanol–water partition coefficient (Wildman–Crippen LogP) is 1.88. The van der Waals surface area contributed by atoms with Gasteiger partial charge in [0.2, 0.25) is 5.91 Å². The van der Waals surface area contributed by atoms with Gasteiger partial charge in [-0.3, -0.25) is 9.78 Å². The Bertz CT molecular complexity index is 618. The minimum absolute atomic E-state index is 0.0581. The molecule has 1 aromatic heterocycles. The van der Waals surface area contributed by atoms with E-state index in [0.717, 1.165) is 0 Å². The molecule has 0 fully saturated rings. The number of hydrogen-bond donors (Lipinski definition) is 2. The number of likely N-dealkylation sites (N-methyl/N-ethyl adjacent to an activating group) is 1. The quantitative estimate of drug-likeness (QED) is 0.893. The van der Waals surface area contributed by atoms with Crippen molar-refractivity contribution in [1.29, 1.82) is 0 Å². The molecule has 6 heteroatoms. The van der Waals surface area contributed by atoms with Crippen LogP contribution in [-0.4, -0.2) is 24.5 Å². The number of pyridine rings is 1. The maximum Gasteiger partial charge on any atom is 0.243 e. The van der Waals surface area contributed by atoms with Gasteiger partial charge in [-0.2, -0.15) is 0 Å². The summed E-state index contributed by atoms with van der Waals surface area (Å²) in [5.74, 6) is -0.791. The second-order valence-electron chi connectivity index (χ2n) is 4.32. The summed E-state index contributed by atoms with van der Waals surface area (Å²) in [6.07, 6.45) is 3.11. The zero-order valence-corrected chi connectivity index (χ0v) is 11.0. The number of hydrogen-bond acceptors (Lipinski definition) is 4. The monoisotopic (exact) mass is 274 g/mol. The highest BCUT2D eigenvalue weighted by Crippen LogP contribution is 2.19. The molecule has 0 bridgehead atoms. The minimum Gasteiger partial charge on any atom is -0.396 e. The van der Waals surface area contributed by atoms with Crippen molar-refractivity contribution < 1.29 is 9.18 Å². The predicted molar refractivity (Wildman–Crippen MR) is 76.9 cm³/mol. The van der Waals surface area contributed by atoms with Crippen molar-refractivity contribution in [2.24, 2.45) is 0 Å². The van der Waals surface area contributed by atoms with Crippen LogP contribution in [0.2, 0.25) is 0 Å². The van der Waals surface area contributed by atoms with Crippen LogP contribution < -0.4 is 16.0 Å². The van der Waals surface area contributed by atoms with Gasteiger partial charge in [0.25, 0.3) is 0 Å². The van der Waals surface area contributed by atoms with E-state index >= 15 is 0 Å². The largest absolute Gasteiger partial charge is 0.396 e. The molecule has 0 spiro atoms. The maximum atomic E-state index is 13.4. The van der Waals surface area contributed by atoms with Gasteiger partial charge in [0.05, 0.1) is 29.8 Å². The van der Waals surface area contributed by atoms with E-state index in [4.69, 9.17) is 5.73 Å². The Morgan fingerprint density at radius 2 is 2.15 bits per heavy atom. The number of rotatable bonds is 4. The molecule has 2 aromatic rings. The highest BCUT2D eigenvalue weighted by molar-refractivity contribution is 5.94. The molecule has 3 N–H and O–H groups in total. The van der Waals surface area contributed by atoms with Gasteiger partial charge < -0.3 is 16.0 Å².